The van der Waals surface area contributed by atoms with Crippen LogP contribution in [-0.4, -0.2) is 134 Å². The molecule has 4 fully saturated rings. The van der Waals surface area contributed by atoms with Crippen LogP contribution in [0.2, 0.25) is 0 Å². The van der Waals surface area contributed by atoms with Crippen molar-refractivity contribution < 1.29 is 57.1 Å². The van der Waals surface area contributed by atoms with E-state index in [2.05, 4.69) is 5.32 Å². The zero-order chi connectivity index (χ0) is 32.4. The van der Waals surface area contributed by atoms with Crippen molar-refractivity contribution in [3.63, 3.8) is 0 Å². The minimum absolute atomic E-state index is 0.0173. The number of hydrogen-bond donors (Lipinski definition) is 3. The van der Waals surface area contributed by atoms with Gasteiger partial charge in [-0.25, -0.2) is 0 Å². The fourth-order valence-electron chi connectivity index (χ4n) is 2.91. The maximum Gasteiger partial charge on any atom is 0.219 e. The highest BCUT2D eigenvalue weighted by molar-refractivity contribution is 5.75. The molecule has 0 radical (unpaired) electrons. The lowest BCUT2D eigenvalue weighted by Crippen LogP contribution is -2.24. The highest BCUT2D eigenvalue weighted by Crippen LogP contribution is 2.10. The Bertz CT molecular complexity index is 756. The summed E-state index contributed by atoms with van der Waals surface area (Å²) in [6.07, 6.45) is 5.28. The fourth-order valence-corrected chi connectivity index (χ4v) is 2.91. The minimum atomic E-state index is -0.322. The second-order valence-corrected chi connectivity index (χ2v) is 10.5. The number of carbonyl (C=O) groups excluding carboxylic acids is 4. The molecule has 4 atom stereocenters. The van der Waals surface area contributed by atoms with Crippen LogP contribution in [0.1, 0.15) is 52.4 Å². The number of unbranched alkanes of at least 4 members (excludes halogenated alkanes) is 1. The molecule has 256 valence electrons. The number of carbonyl (C=O) groups is 4. The molecule has 15 nitrogen and oxygen atoms in total. The van der Waals surface area contributed by atoms with Crippen molar-refractivity contribution >= 4 is 23.5 Å². The number of amides is 3. The molecule has 0 aromatic carbocycles. The Balaban J connectivity index is 0.000000294. The lowest BCUT2D eigenvalue weighted by molar-refractivity contribution is -0.120. The summed E-state index contributed by atoms with van der Waals surface area (Å²) >= 11 is 0. The average Bonchev–Trinajstić information content (AvgIpc) is 3.78. The van der Waals surface area contributed by atoms with Crippen molar-refractivity contribution in [2.45, 2.75) is 76.8 Å². The minimum Gasteiger partial charge on any atom is -0.379 e. The molecule has 4 heterocycles. The van der Waals surface area contributed by atoms with Crippen LogP contribution in [0.3, 0.4) is 0 Å². The lowest BCUT2D eigenvalue weighted by atomic mass is 10.2. The van der Waals surface area contributed by atoms with Crippen LogP contribution in [0.4, 0.5) is 0 Å². The van der Waals surface area contributed by atoms with Crippen LogP contribution >= 0.6 is 0 Å². The molecule has 15 heteroatoms. The van der Waals surface area contributed by atoms with Crippen LogP contribution in [0.25, 0.3) is 0 Å². The normalized spacial score (nSPS) is 21.6. The van der Waals surface area contributed by atoms with E-state index in [9.17, 15) is 19.2 Å². The number of ketones is 1. The number of rotatable bonds is 23. The van der Waals surface area contributed by atoms with Gasteiger partial charge in [0.15, 0.2) is 0 Å². The van der Waals surface area contributed by atoms with E-state index in [4.69, 9.17) is 49.4 Å². The van der Waals surface area contributed by atoms with Gasteiger partial charge in [-0.1, -0.05) is 0 Å². The van der Waals surface area contributed by atoms with E-state index in [-0.39, 0.29) is 29.6 Å². The van der Waals surface area contributed by atoms with Gasteiger partial charge < -0.3 is 59.5 Å². The van der Waals surface area contributed by atoms with Gasteiger partial charge in [0.2, 0.25) is 17.7 Å². The van der Waals surface area contributed by atoms with Crippen LogP contribution in [0.15, 0.2) is 0 Å². The number of ether oxygens (including phenoxy) is 8. The second kappa shape index (κ2) is 26.0. The van der Waals surface area contributed by atoms with Gasteiger partial charge in [0.1, 0.15) is 30.2 Å². The molecule has 4 unspecified atom stereocenters. The Morgan fingerprint density at radius 2 is 1.00 bits per heavy atom. The molecule has 4 aliphatic heterocycles. The molecule has 4 aliphatic rings. The fraction of sp³-hybridized carbons (Fsp3) is 0.862. The summed E-state index contributed by atoms with van der Waals surface area (Å²) in [5.41, 5.74) is 9.80. The van der Waals surface area contributed by atoms with Gasteiger partial charge in [0.05, 0.1) is 66.1 Å². The van der Waals surface area contributed by atoms with Crippen molar-refractivity contribution in [1.82, 2.24) is 5.32 Å². The Labute approximate surface area is 260 Å². The van der Waals surface area contributed by atoms with E-state index in [0.29, 0.717) is 90.2 Å². The first kappa shape index (κ1) is 39.8. The predicted molar refractivity (Wildman–Crippen MR) is 158 cm³/mol. The monoisotopic (exact) mass is 635 g/mol. The van der Waals surface area contributed by atoms with Gasteiger partial charge >= 0.3 is 0 Å². The molecule has 0 bridgehead atoms. The van der Waals surface area contributed by atoms with E-state index in [1.54, 1.807) is 6.92 Å². The van der Waals surface area contributed by atoms with E-state index in [1.165, 1.54) is 6.92 Å². The van der Waals surface area contributed by atoms with E-state index in [0.717, 1.165) is 52.5 Å². The zero-order valence-electron chi connectivity index (χ0n) is 26.3. The second-order valence-electron chi connectivity index (χ2n) is 10.5. The zero-order valence-corrected chi connectivity index (χ0v) is 26.3. The number of primary amides is 2. The molecule has 4 rings (SSSR count). The van der Waals surface area contributed by atoms with E-state index < -0.39 is 0 Å². The van der Waals surface area contributed by atoms with E-state index in [1.807, 2.05) is 0 Å². The molecular weight excluding hydrogens is 582 g/mol. The molecule has 0 aromatic rings. The summed E-state index contributed by atoms with van der Waals surface area (Å²) in [5.74, 6) is -0.343. The first-order valence-electron chi connectivity index (χ1n) is 15.2. The molecule has 44 heavy (non-hydrogen) atoms. The van der Waals surface area contributed by atoms with Gasteiger partial charge in [0, 0.05) is 45.9 Å². The molecule has 3 amide bonds. The Morgan fingerprint density at radius 1 is 0.591 bits per heavy atom. The lowest BCUT2D eigenvalue weighted by Gasteiger charge is -2.01. The first-order chi connectivity index (χ1) is 21.2. The highest BCUT2D eigenvalue weighted by Gasteiger charge is 2.23. The third-order valence-corrected chi connectivity index (χ3v) is 5.72. The SMILES string of the molecule is CC(=O)CCCCOCC1CO1.CC(=O)NCCOCC1CO1.NC(=O)CCCOCC1CO1.NC(=O)CCOCC1CO1. The summed E-state index contributed by atoms with van der Waals surface area (Å²) in [5, 5.41) is 2.63. The Hall–Kier alpha value is -2.24. The van der Waals surface area contributed by atoms with Gasteiger partial charge in [-0.15, -0.1) is 0 Å². The maximum atomic E-state index is 10.5. The molecule has 0 saturated carbocycles. The maximum absolute atomic E-state index is 10.5. The number of hydrogen-bond acceptors (Lipinski definition) is 12. The molecule has 0 aliphatic carbocycles. The van der Waals surface area contributed by atoms with Crippen molar-refractivity contribution in [1.29, 1.82) is 0 Å². The molecule has 5 N–H and O–H groups in total. The molecular formula is C29H53N3O12. The smallest absolute Gasteiger partial charge is 0.219 e. The summed E-state index contributed by atoms with van der Waals surface area (Å²) in [6.45, 7) is 11.9. The number of nitrogens with two attached hydrogens (primary N) is 2. The van der Waals surface area contributed by atoms with E-state index >= 15 is 0 Å². The average molecular weight is 636 g/mol. The van der Waals surface area contributed by atoms with Crippen molar-refractivity contribution in [2.75, 3.05) is 85.8 Å². The third kappa shape index (κ3) is 34.3. The summed E-state index contributed by atoms with van der Waals surface area (Å²) < 4.78 is 40.4. The van der Waals surface area contributed by atoms with Crippen molar-refractivity contribution in [3.8, 4) is 0 Å². The first-order valence-corrected chi connectivity index (χ1v) is 15.2. The van der Waals surface area contributed by atoms with Gasteiger partial charge in [-0.05, 0) is 26.2 Å². The van der Waals surface area contributed by atoms with Crippen LogP contribution in [-0.2, 0) is 57.1 Å². The number of nitrogens with one attached hydrogen (secondary N) is 1. The van der Waals surface area contributed by atoms with Crippen molar-refractivity contribution in [3.05, 3.63) is 0 Å². The van der Waals surface area contributed by atoms with Gasteiger partial charge in [-0.2, -0.15) is 0 Å². The van der Waals surface area contributed by atoms with Crippen LogP contribution in [0, 0.1) is 0 Å². The van der Waals surface area contributed by atoms with Crippen LogP contribution in [0.5, 0.6) is 0 Å². The predicted octanol–water partition coefficient (Wildman–Crippen LogP) is -0.356. The van der Waals surface area contributed by atoms with Gasteiger partial charge in [0.25, 0.3) is 0 Å². The summed E-state index contributed by atoms with van der Waals surface area (Å²) in [7, 11) is 0. The van der Waals surface area contributed by atoms with Gasteiger partial charge in [-0.3, -0.25) is 14.4 Å². The number of epoxide rings is 4. The topological polar surface area (TPSA) is 219 Å². The Kier molecular flexibility index (Phi) is 23.5. The Morgan fingerprint density at radius 3 is 1.39 bits per heavy atom. The third-order valence-electron chi connectivity index (χ3n) is 5.72. The molecule has 0 spiro atoms. The molecule has 4 saturated heterocycles. The molecule has 0 aromatic heterocycles. The standard InChI is InChI=1S/C9H16O3.2C7H13NO3.C6H11NO3/c1-8(10)4-2-3-5-11-6-9-7-12-9;1-6(9)8-2-3-10-4-7-5-11-7;8-7(9)2-1-3-10-4-6-5-11-6;7-6(8)1-2-9-3-5-4-10-5/h9H,2-7H2,1H3;7H,2-5H2,1H3,(H,8,9);6H,1-5H2,(H2,8,9);5H,1-4H2,(H2,7,8). The highest BCUT2D eigenvalue weighted by atomic mass is 16.6. The van der Waals surface area contributed by atoms with Crippen LogP contribution < -0.4 is 16.8 Å². The largest absolute Gasteiger partial charge is 0.379 e. The summed E-state index contributed by atoms with van der Waals surface area (Å²) in [4.78, 5) is 41.3. The number of Topliss-reactive ketones (excluding diaryl/α,β-unsaturated/α-hetero) is 1. The quantitative estimate of drug-likeness (QED) is 0.0968. The van der Waals surface area contributed by atoms with Crippen molar-refractivity contribution in [2.24, 2.45) is 11.5 Å². The summed E-state index contributed by atoms with van der Waals surface area (Å²) in [6, 6.07) is 0.